The minimum atomic E-state index is -0.607. The van der Waals surface area contributed by atoms with Gasteiger partial charge in [-0.2, -0.15) is 0 Å². The summed E-state index contributed by atoms with van der Waals surface area (Å²) in [5.74, 6) is 0.508. The summed E-state index contributed by atoms with van der Waals surface area (Å²) in [6, 6.07) is 6.15. The molecule has 0 fully saturated rings. The Bertz CT molecular complexity index is 394. The Kier molecular flexibility index (Phi) is 6.24. The molecule has 1 rings (SSSR count). The van der Waals surface area contributed by atoms with Gasteiger partial charge in [0.25, 0.3) is 5.69 Å². The van der Waals surface area contributed by atoms with Crippen LogP contribution in [0.25, 0.3) is 0 Å². The molecule has 19 heavy (non-hydrogen) atoms. The van der Waals surface area contributed by atoms with E-state index in [1.807, 2.05) is 6.92 Å². The summed E-state index contributed by atoms with van der Waals surface area (Å²) in [7, 11) is 0. The topological polar surface area (TPSA) is 84.6 Å². The molecule has 6 heteroatoms. The normalized spacial score (nSPS) is 13.8. The van der Waals surface area contributed by atoms with Gasteiger partial charge >= 0.3 is 0 Å². The Balaban J connectivity index is 2.33. The molecular weight excluding hydrogens is 248 g/mol. The highest BCUT2D eigenvalue weighted by atomic mass is 16.6. The smallest absolute Gasteiger partial charge is 0.269 e. The van der Waals surface area contributed by atoms with Gasteiger partial charge < -0.3 is 15.2 Å². The van der Waals surface area contributed by atoms with Gasteiger partial charge in [0.2, 0.25) is 0 Å². The van der Waals surface area contributed by atoms with E-state index >= 15 is 0 Å². The molecule has 0 aliphatic carbocycles. The van der Waals surface area contributed by atoms with Crippen LogP contribution in [0.2, 0.25) is 0 Å². The van der Waals surface area contributed by atoms with Crippen LogP contribution in [-0.2, 0) is 0 Å². The SMILES string of the molecule is CC[C@@H](C)NC[C@@H](O)COc1ccc([N+](=O)[O-])cc1. The molecule has 0 unspecified atom stereocenters. The predicted octanol–water partition coefficient (Wildman–Crippen LogP) is 1.72. The molecule has 6 nitrogen and oxygen atoms in total. The molecule has 0 amide bonds. The zero-order valence-electron chi connectivity index (χ0n) is 11.2. The van der Waals surface area contributed by atoms with Crippen molar-refractivity contribution in [2.45, 2.75) is 32.4 Å². The standard InChI is InChI=1S/C13H20N2O4/c1-3-10(2)14-8-12(16)9-19-13-6-4-11(5-7-13)15(17)18/h4-7,10,12,14,16H,3,8-9H2,1-2H3/t10-,12-/m1/s1. The maximum atomic E-state index is 10.5. The van der Waals surface area contributed by atoms with Gasteiger partial charge in [-0.1, -0.05) is 6.92 Å². The molecule has 0 aromatic heterocycles. The number of hydrogen-bond donors (Lipinski definition) is 2. The molecule has 0 heterocycles. The van der Waals surface area contributed by atoms with Crippen molar-refractivity contribution >= 4 is 5.69 Å². The number of nitro groups is 1. The second-order valence-electron chi connectivity index (χ2n) is 4.43. The average molecular weight is 268 g/mol. The van der Waals surface area contributed by atoms with Crippen LogP contribution < -0.4 is 10.1 Å². The fourth-order valence-corrected chi connectivity index (χ4v) is 1.40. The third kappa shape index (κ3) is 5.67. The lowest BCUT2D eigenvalue weighted by Gasteiger charge is -2.16. The van der Waals surface area contributed by atoms with Crippen molar-refractivity contribution in [2.24, 2.45) is 0 Å². The van der Waals surface area contributed by atoms with E-state index in [1.54, 1.807) is 0 Å². The van der Waals surface area contributed by atoms with E-state index < -0.39 is 11.0 Å². The fourth-order valence-electron chi connectivity index (χ4n) is 1.40. The van der Waals surface area contributed by atoms with Crippen molar-refractivity contribution in [3.05, 3.63) is 34.4 Å². The first-order valence-electron chi connectivity index (χ1n) is 6.31. The first-order chi connectivity index (χ1) is 9.02. The van der Waals surface area contributed by atoms with Gasteiger partial charge in [0.1, 0.15) is 18.5 Å². The lowest BCUT2D eigenvalue weighted by atomic mass is 10.2. The fraction of sp³-hybridized carbons (Fsp3) is 0.538. The molecule has 1 aromatic carbocycles. The largest absolute Gasteiger partial charge is 0.491 e. The van der Waals surface area contributed by atoms with Crippen LogP contribution >= 0.6 is 0 Å². The van der Waals surface area contributed by atoms with Gasteiger partial charge in [0.05, 0.1) is 4.92 Å². The number of benzene rings is 1. The van der Waals surface area contributed by atoms with E-state index in [0.29, 0.717) is 18.3 Å². The van der Waals surface area contributed by atoms with Crippen molar-refractivity contribution in [1.29, 1.82) is 0 Å². The van der Waals surface area contributed by atoms with Gasteiger partial charge in [-0.05, 0) is 25.5 Å². The van der Waals surface area contributed by atoms with E-state index in [1.165, 1.54) is 24.3 Å². The lowest BCUT2D eigenvalue weighted by molar-refractivity contribution is -0.384. The minimum absolute atomic E-state index is 0.0198. The summed E-state index contributed by atoms with van der Waals surface area (Å²) < 4.78 is 5.36. The minimum Gasteiger partial charge on any atom is -0.491 e. The van der Waals surface area contributed by atoms with E-state index in [2.05, 4.69) is 12.2 Å². The molecule has 0 aliphatic heterocycles. The molecule has 0 saturated carbocycles. The second-order valence-corrected chi connectivity index (χ2v) is 4.43. The molecule has 0 radical (unpaired) electrons. The number of hydrogen-bond acceptors (Lipinski definition) is 5. The van der Waals surface area contributed by atoms with Crippen molar-refractivity contribution in [2.75, 3.05) is 13.2 Å². The molecule has 2 N–H and O–H groups in total. The Morgan fingerprint density at radius 2 is 2.05 bits per heavy atom. The molecule has 0 saturated heterocycles. The zero-order chi connectivity index (χ0) is 14.3. The summed E-state index contributed by atoms with van der Waals surface area (Å²) in [6.45, 7) is 4.73. The molecule has 0 bridgehead atoms. The summed E-state index contributed by atoms with van der Waals surface area (Å²) in [6.07, 6.45) is 0.389. The molecule has 106 valence electrons. The monoisotopic (exact) mass is 268 g/mol. The highest BCUT2D eigenvalue weighted by Crippen LogP contribution is 2.17. The van der Waals surface area contributed by atoms with Crippen molar-refractivity contribution in [3.8, 4) is 5.75 Å². The van der Waals surface area contributed by atoms with Crippen molar-refractivity contribution < 1.29 is 14.8 Å². The highest BCUT2D eigenvalue weighted by molar-refractivity contribution is 5.35. The van der Waals surface area contributed by atoms with Crippen LogP contribution in [0.4, 0.5) is 5.69 Å². The van der Waals surface area contributed by atoms with Crippen LogP contribution in [0.15, 0.2) is 24.3 Å². The van der Waals surface area contributed by atoms with Gasteiger partial charge in [0, 0.05) is 24.7 Å². The second kappa shape index (κ2) is 7.70. The first kappa shape index (κ1) is 15.4. The number of nitrogens with one attached hydrogen (secondary N) is 1. The van der Waals surface area contributed by atoms with Gasteiger partial charge in [-0.25, -0.2) is 0 Å². The Labute approximate surface area is 112 Å². The number of nitro benzene ring substituents is 1. The summed E-state index contributed by atoms with van der Waals surface area (Å²) in [5.41, 5.74) is 0.0198. The van der Waals surface area contributed by atoms with E-state index in [-0.39, 0.29) is 12.3 Å². The number of aliphatic hydroxyl groups is 1. The third-order valence-electron chi connectivity index (χ3n) is 2.80. The number of nitrogens with zero attached hydrogens (tertiary/aromatic N) is 1. The van der Waals surface area contributed by atoms with Crippen LogP contribution in [0.3, 0.4) is 0 Å². The van der Waals surface area contributed by atoms with E-state index in [4.69, 9.17) is 4.74 Å². The molecule has 0 aliphatic rings. The van der Waals surface area contributed by atoms with E-state index in [0.717, 1.165) is 6.42 Å². The van der Waals surface area contributed by atoms with Crippen LogP contribution in [0, 0.1) is 10.1 Å². The van der Waals surface area contributed by atoms with Gasteiger partial charge in [0.15, 0.2) is 0 Å². The summed E-state index contributed by atoms with van der Waals surface area (Å²) in [4.78, 5) is 10.0. The highest BCUT2D eigenvalue weighted by Gasteiger charge is 2.08. The maximum Gasteiger partial charge on any atom is 0.269 e. The predicted molar refractivity (Wildman–Crippen MR) is 72.4 cm³/mol. The average Bonchev–Trinajstić information content (AvgIpc) is 2.42. The number of ether oxygens (including phenoxy) is 1. The number of aliphatic hydroxyl groups excluding tert-OH is 1. The van der Waals surface area contributed by atoms with Crippen LogP contribution in [0.1, 0.15) is 20.3 Å². The van der Waals surface area contributed by atoms with Crippen molar-refractivity contribution in [1.82, 2.24) is 5.32 Å². The number of non-ortho nitro benzene ring substituents is 1. The molecule has 1 aromatic rings. The quantitative estimate of drug-likeness (QED) is 0.554. The van der Waals surface area contributed by atoms with Gasteiger partial charge in [-0.15, -0.1) is 0 Å². The Morgan fingerprint density at radius 1 is 1.42 bits per heavy atom. The summed E-state index contributed by atoms with van der Waals surface area (Å²) in [5, 5.41) is 23.3. The lowest BCUT2D eigenvalue weighted by Crippen LogP contribution is -2.36. The van der Waals surface area contributed by atoms with Gasteiger partial charge in [-0.3, -0.25) is 10.1 Å². The van der Waals surface area contributed by atoms with Crippen LogP contribution in [0.5, 0.6) is 5.75 Å². The van der Waals surface area contributed by atoms with Crippen LogP contribution in [-0.4, -0.2) is 35.3 Å². The zero-order valence-corrected chi connectivity index (χ0v) is 11.2. The van der Waals surface area contributed by atoms with E-state index in [9.17, 15) is 15.2 Å². The first-order valence-corrected chi connectivity index (χ1v) is 6.31. The Hall–Kier alpha value is -1.66. The maximum absolute atomic E-state index is 10.5. The molecular formula is C13H20N2O4. The number of rotatable bonds is 8. The Morgan fingerprint density at radius 3 is 2.58 bits per heavy atom. The third-order valence-corrected chi connectivity index (χ3v) is 2.80. The summed E-state index contributed by atoms with van der Waals surface area (Å²) >= 11 is 0. The molecule has 0 spiro atoms. The molecule has 2 atom stereocenters. The van der Waals surface area contributed by atoms with Crippen molar-refractivity contribution in [3.63, 3.8) is 0 Å².